The fraction of sp³-hybridized carbons (Fsp3) is 0.723. The molecule has 0 fully saturated rings. The molecule has 1 N–H and O–H groups in total. The van der Waals surface area contributed by atoms with Crippen molar-refractivity contribution in [2.45, 2.75) is 264 Å². The van der Waals surface area contributed by atoms with Crippen LogP contribution >= 0.6 is 7.82 Å². The predicted octanol–water partition coefficient (Wildman–Crippen LogP) is 18.1. The molecule has 0 aromatic heterocycles. The van der Waals surface area contributed by atoms with Crippen molar-refractivity contribution in [3.05, 3.63) is 97.2 Å². The van der Waals surface area contributed by atoms with Crippen LogP contribution in [0.3, 0.4) is 0 Å². The summed E-state index contributed by atoms with van der Waals surface area (Å²) in [6, 6.07) is -0.899. The van der Waals surface area contributed by atoms with Crippen LogP contribution in [0.1, 0.15) is 252 Å². The van der Waals surface area contributed by atoms with Crippen LogP contribution < -0.4 is 10.2 Å². The van der Waals surface area contributed by atoms with E-state index < -0.39 is 26.6 Å². The molecule has 0 radical (unpaired) electrons. The van der Waals surface area contributed by atoms with Crippen molar-refractivity contribution < 1.29 is 37.3 Å². The topological polar surface area (TPSA) is 114 Å². The first-order chi connectivity index (χ1) is 36.4. The predicted molar refractivity (Wildman–Crippen MR) is 321 cm³/mol. The van der Waals surface area contributed by atoms with Crippen molar-refractivity contribution in [2.24, 2.45) is 0 Å². The van der Waals surface area contributed by atoms with E-state index >= 15 is 0 Å². The zero-order chi connectivity index (χ0) is 55.0. The summed E-state index contributed by atoms with van der Waals surface area (Å²) in [5.41, 5.74) is 0. The van der Waals surface area contributed by atoms with Crippen LogP contribution in [0.25, 0.3) is 0 Å². The number of carbonyl (C=O) groups excluding carboxylic acids is 2. The van der Waals surface area contributed by atoms with Crippen LogP contribution in [0.2, 0.25) is 0 Å². The Bertz CT molecular complexity index is 1610. The molecule has 9 nitrogen and oxygen atoms in total. The van der Waals surface area contributed by atoms with E-state index in [9.17, 15) is 19.0 Å². The van der Waals surface area contributed by atoms with Gasteiger partial charge in [-0.15, -0.1) is 0 Å². The summed E-state index contributed by atoms with van der Waals surface area (Å²) in [6.07, 6.45) is 72.4. The lowest BCUT2D eigenvalue weighted by Gasteiger charge is -2.30. The van der Waals surface area contributed by atoms with Crippen molar-refractivity contribution in [2.75, 3.05) is 40.9 Å². The van der Waals surface area contributed by atoms with Gasteiger partial charge in [-0.25, -0.2) is 0 Å². The van der Waals surface area contributed by atoms with Gasteiger partial charge in [-0.3, -0.25) is 14.2 Å². The first kappa shape index (κ1) is 71.9. The Kier molecular flexibility index (Phi) is 52.1. The monoisotopic (exact) mass is 1070 g/mol. The lowest BCUT2D eigenvalue weighted by atomic mass is 10.1. The molecule has 3 unspecified atom stereocenters. The second-order valence-corrected chi connectivity index (χ2v) is 22.9. The number of quaternary nitrogens is 1. The van der Waals surface area contributed by atoms with Crippen LogP contribution in [-0.2, 0) is 27.9 Å². The molecule has 0 aromatic rings. The summed E-state index contributed by atoms with van der Waals surface area (Å²) < 4.78 is 30.2. The highest BCUT2D eigenvalue weighted by Crippen LogP contribution is 2.38. The van der Waals surface area contributed by atoms with Gasteiger partial charge >= 0.3 is 5.97 Å². The second kappa shape index (κ2) is 54.3. The highest BCUT2D eigenvalue weighted by atomic mass is 31.2. The molecule has 0 bridgehead atoms. The van der Waals surface area contributed by atoms with Crippen LogP contribution in [0.15, 0.2) is 97.2 Å². The minimum Gasteiger partial charge on any atom is -0.756 e. The number of carbonyl (C=O) groups is 2. The number of rotatable bonds is 54. The van der Waals surface area contributed by atoms with Crippen LogP contribution in [0.5, 0.6) is 0 Å². The molecule has 0 aromatic carbocycles. The van der Waals surface area contributed by atoms with Crippen molar-refractivity contribution >= 4 is 19.7 Å². The van der Waals surface area contributed by atoms with Gasteiger partial charge in [0.1, 0.15) is 19.3 Å². The Morgan fingerprint density at radius 2 is 0.867 bits per heavy atom. The molecule has 432 valence electrons. The molecule has 0 aliphatic carbocycles. The summed E-state index contributed by atoms with van der Waals surface area (Å²) in [5.74, 6) is -0.567. The van der Waals surface area contributed by atoms with Gasteiger partial charge in [0.05, 0.1) is 33.8 Å². The van der Waals surface area contributed by atoms with E-state index in [-0.39, 0.29) is 24.9 Å². The zero-order valence-electron chi connectivity index (χ0n) is 49.2. The Balaban J connectivity index is 5.08. The number of likely N-dealkylation sites (N-methyl/N-ethyl adjacent to an activating group) is 1. The fourth-order valence-electron chi connectivity index (χ4n) is 8.27. The molecule has 10 heteroatoms. The Morgan fingerprint density at radius 3 is 1.33 bits per heavy atom. The summed E-state index contributed by atoms with van der Waals surface area (Å²) in [5, 5.41) is 3.01. The van der Waals surface area contributed by atoms with Crippen molar-refractivity contribution in [1.29, 1.82) is 0 Å². The van der Waals surface area contributed by atoms with Gasteiger partial charge in [-0.2, -0.15) is 0 Å². The Labute approximate surface area is 462 Å². The largest absolute Gasteiger partial charge is 0.756 e. The zero-order valence-corrected chi connectivity index (χ0v) is 50.1. The van der Waals surface area contributed by atoms with Crippen LogP contribution in [0, 0.1) is 0 Å². The molecule has 0 aliphatic rings. The third kappa shape index (κ3) is 55.5. The number of hydrogen-bond acceptors (Lipinski definition) is 7. The molecule has 0 saturated carbocycles. The third-order valence-corrected chi connectivity index (χ3v) is 14.0. The maximum Gasteiger partial charge on any atom is 0.306 e. The molecule has 0 heterocycles. The van der Waals surface area contributed by atoms with Crippen LogP contribution in [-0.4, -0.2) is 69.4 Å². The smallest absolute Gasteiger partial charge is 0.306 e. The highest BCUT2D eigenvalue weighted by Gasteiger charge is 2.27. The molecular formula is C65H115N2O7P. The first-order valence-corrected chi connectivity index (χ1v) is 32.0. The fourth-order valence-corrected chi connectivity index (χ4v) is 8.99. The maximum atomic E-state index is 13.4. The van der Waals surface area contributed by atoms with Gasteiger partial charge in [0.2, 0.25) is 5.91 Å². The summed E-state index contributed by atoms with van der Waals surface area (Å²) in [6.45, 7) is 6.66. The molecule has 0 saturated heterocycles. The molecule has 0 aliphatic heterocycles. The molecular weight excluding hydrogens is 952 g/mol. The van der Waals surface area contributed by atoms with E-state index in [1.54, 1.807) is 0 Å². The minimum absolute atomic E-state index is 0.0292. The average molecular weight is 1070 g/mol. The highest BCUT2D eigenvalue weighted by molar-refractivity contribution is 7.45. The van der Waals surface area contributed by atoms with Gasteiger partial charge < -0.3 is 28.5 Å². The Morgan fingerprint density at radius 1 is 0.480 bits per heavy atom. The number of esters is 1. The lowest BCUT2D eigenvalue weighted by molar-refractivity contribution is -0.870. The number of allylic oxidation sites excluding steroid dienone is 15. The number of phosphoric acid groups is 1. The van der Waals surface area contributed by atoms with E-state index in [1.165, 1.54) is 83.5 Å². The number of phosphoric ester groups is 1. The van der Waals surface area contributed by atoms with Crippen molar-refractivity contribution in [3.8, 4) is 0 Å². The number of ether oxygens (including phenoxy) is 1. The average Bonchev–Trinajstić information content (AvgIpc) is 3.37. The van der Waals surface area contributed by atoms with E-state index in [0.29, 0.717) is 17.4 Å². The van der Waals surface area contributed by atoms with Gasteiger partial charge in [-0.05, 0) is 102 Å². The van der Waals surface area contributed by atoms with E-state index in [1.807, 2.05) is 33.3 Å². The lowest BCUT2D eigenvalue weighted by Crippen LogP contribution is -2.47. The first-order valence-electron chi connectivity index (χ1n) is 30.5. The van der Waals surface area contributed by atoms with Gasteiger partial charge in [0, 0.05) is 12.8 Å². The molecule has 1 amide bonds. The quantitative estimate of drug-likeness (QED) is 0.0212. The number of nitrogens with zero attached hydrogens (tertiary/aromatic N) is 1. The maximum absolute atomic E-state index is 13.4. The molecule has 75 heavy (non-hydrogen) atoms. The SMILES string of the molecule is CC/C=C\C/C=C\C/C=C\C/C=C\C/C=C\C/C=C\CCCCCCCCCCC(=O)OC(/C=C\CCCCCCCCCCC)C(COP(=O)([O-])OCC[N+](C)(C)C)NC(=O)CCCCCCC/C=C\CCCC. The van der Waals surface area contributed by atoms with Crippen LogP contribution in [0.4, 0.5) is 0 Å². The van der Waals surface area contributed by atoms with E-state index in [2.05, 4.69) is 111 Å². The van der Waals surface area contributed by atoms with E-state index in [4.69, 9.17) is 13.8 Å². The molecule has 3 atom stereocenters. The van der Waals surface area contributed by atoms with Gasteiger partial charge in [-0.1, -0.05) is 234 Å². The Hall–Kier alpha value is -3.07. The number of nitrogens with one attached hydrogen (secondary N) is 1. The van der Waals surface area contributed by atoms with Gasteiger partial charge in [0.25, 0.3) is 7.82 Å². The van der Waals surface area contributed by atoms with Gasteiger partial charge in [0.15, 0.2) is 0 Å². The standard InChI is InChI=1S/C65H115N2O7P/c1-7-10-13-16-19-22-25-26-27-28-29-30-31-32-33-34-35-36-37-38-39-40-43-46-49-52-55-58-65(69)74-63(56-53-50-47-44-41-23-20-17-14-11-8-2)62(61-73-75(70,71)72-60-59-67(4,5)6)66-64(68)57-54-51-48-45-42-24-21-18-15-12-9-3/h10,13,18-19,21-22,26-27,29-30,32-33,35-36,53,56,62-63H,7-9,11-12,14-17,20,23-25,28,31,34,37-52,54-55,57-61H2,1-6H3,(H-,66,68,70,71)/b13-10-,21-18-,22-19-,27-26-,30-29-,33-32-,36-35-,56-53-. The normalized spacial score (nSPS) is 14.4. The second-order valence-electron chi connectivity index (χ2n) is 21.5. The summed E-state index contributed by atoms with van der Waals surface area (Å²) in [7, 11) is 1.16. The number of amides is 1. The number of unbranched alkanes of at least 4 members (excludes halogenated alkanes) is 24. The number of hydrogen-bond donors (Lipinski definition) is 1. The van der Waals surface area contributed by atoms with Crippen molar-refractivity contribution in [3.63, 3.8) is 0 Å². The summed E-state index contributed by atoms with van der Waals surface area (Å²) >= 11 is 0. The molecule has 0 rings (SSSR count). The third-order valence-electron chi connectivity index (χ3n) is 13.0. The summed E-state index contributed by atoms with van der Waals surface area (Å²) in [4.78, 5) is 39.8. The molecule has 0 spiro atoms. The van der Waals surface area contributed by atoms with E-state index in [0.717, 1.165) is 135 Å². The minimum atomic E-state index is -4.70. The van der Waals surface area contributed by atoms with Crippen molar-refractivity contribution in [1.82, 2.24) is 5.32 Å².